The molecule has 0 aromatic heterocycles. The first-order chi connectivity index (χ1) is 8.18. The molecule has 0 bridgehead atoms. The van der Waals surface area contributed by atoms with Crippen LogP contribution in [0.25, 0.3) is 0 Å². The van der Waals surface area contributed by atoms with Crippen LogP contribution in [0.5, 0.6) is 0 Å². The summed E-state index contributed by atoms with van der Waals surface area (Å²) in [7, 11) is 2.28. The second-order valence-electron chi connectivity index (χ2n) is 6.01. The first kappa shape index (κ1) is 13.3. The van der Waals surface area contributed by atoms with Gasteiger partial charge in [-0.2, -0.15) is 0 Å². The van der Waals surface area contributed by atoms with Crippen LogP contribution in [0.2, 0.25) is 0 Å². The van der Waals surface area contributed by atoms with Gasteiger partial charge in [-0.25, -0.2) is 0 Å². The van der Waals surface area contributed by atoms with Gasteiger partial charge in [-0.3, -0.25) is 0 Å². The lowest BCUT2D eigenvalue weighted by Crippen LogP contribution is -2.50. The summed E-state index contributed by atoms with van der Waals surface area (Å²) in [5.74, 6) is 1.67. The van der Waals surface area contributed by atoms with Crippen LogP contribution in [0.3, 0.4) is 0 Å². The van der Waals surface area contributed by atoms with Crippen molar-refractivity contribution < 1.29 is 4.74 Å². The standard InChI is InChI=1S/C14H28N2O/c1-11-5-4-6-12(2)14(11)16(3)10-13-9-15-7-8-17-13/h11-15H,4-10H2,1-3H3. The van der Waals surface area contributed by atoms with E-state index >= 15 is 0 Å². The fourth-order valence-corrected chi connectivity index (χ4v) is 3.71. The number of nitrogens with zero attached hydrogens (tertiary/aromatic N) is 1. The van der Waals surface area contributed by atoms with Crippen molar-refractivity contribution in [3.8, 4) is 0 Å². The Kier molecular flexibility index (Phi) is 4.83. The smallest absolute Gasteiger partial charge is 0.0826 e. The van der Waals surface area contributed by atoms with Crippen molar-refractivity contribution in [3.05, 3.63) is 0 Å². The number of hydrogen-bond donors (Lipinski definition) is 1. The third-order valence-electron chi connectivity index (χ3n) is 4.49. The van der Waals surface area contributed by atoms with Gasteiger partial charge in [0, 0.05) is 25.7 Å². The number of rotatable bonds is 3. The van der Waals surface area contributed by atoms with Crippen LogP contribution < -0.4 is 5.32 Å². The SMILES string of the molecule is CC1CCCC(C)C1N(C)CC1CNCCO1. The third kappa shape index (κ3) is 3.43. The molecule has 1 aliphatic heterocycles. The van der Waals surface area contributed by atoms with Crippen molar-refractivity contribution >= 4 is 0 Å². The largest absolute Gasteiger partial charge is 0.374 e. The highest BCUT2D eigenvalue weighted by Gasteiger charge is 2.32. The Hall–Kier alpha value is -0.120. The molecule has 3 nitrogen and oxygen atoms in total. The Morgan fingerprint density at radius 1 is 1.24 bits per heavy atom. The highest BCUT2D eigenvalue weighted by molar-refractivity contribution is 4.86. The second kappa shape index (κ2) is 6.17. The van der Waals surface area contributed by atoms with Gasteiger partial charge in [0.15, 0.2) is 0 Å². The van der Waals surface area contributed by atoms with E-state index in [9.17, 15) is 0 Å². The van der Waals surface area contributed by atoms with E-state index in [-0.39, 0.29) is 0 Å². The van der Waals surface area contributed by atoms with E-state index in [4.69, 9.17) is 4.74 Å². The zero-order valence-electron chi connectivity index (χ0n) is 11.6. The van der Waals surface area contributed by atoms with E-state index in [0.29, 0.717) is 6.10 Å². The Balaban J connectivity index is 1.86. The zero-order valence-corrected chi connectivity index (χ0v) is 11.6. The average molecular weight is 240 g/mol. The molecular weight excluding hydrogens is 212 g/mol. The normalized spacial score (nSPS) is 39.5. The molecule has 3 unspecified atom stereocenters. The summed E-state index contributed by atoms with van der Waals surface area (Å²) in [6, 6.07) is 0.745. The molecule has 2 fully saturated rings. The Bertz CT molecular complexity index is 218. The maximum atomic E-state index is 5.81. The van der Waals surface area contributed by atoms with Crippen LogP contribution in [-0.2, 0) is 4.74 Å². The van der Waals surface area contributed by atoms with E-state index in [1.807, 2.05) is 0 Å². The third-order valence-corrected chi connectivity index (χ3v) is 4.49. The summed E-state index contributed by atoms with van der Waals surface area (Å²) in [6.45, 7) is 8.80. The molecule has 3 atom stereocenters. The lowest BCUT2D eigenvalue weighted by Gasteiger charge is -2.42. The van der Waals surface area contributed by atoms with Gasteiger partial charge in [-0.1, -0.05) is 20.3 Å². The number of nitrogens with one attached hydrogen (secondary N) is 1. The van der Waals surface area contributed by atoms with Crippen molar-refractivity contribution in [2.45, 2.75) is 45.3 Å². The Labute approximate surface area is 106 Å². The molecule has 17 heavy (non-hydrogen) atoms. The molecule has 1 aliphatic carbocycles. The fourth-order valence-electron chi connectivity index (χ4n) is 3.71. The number of likely N-dealkylation sites (N-methyl/N-ethyl adjacent to an activating group) is 1. The first-order valence-corrected chi connectivity index (χ1v) is 7.21. The molecule has 1 saturated carbocycles. The van der Waals surface area contributed by atoms with E-state index in [0.717, 1.165) is 44.1 Å². The molecule has 3 heteroatoms. The highest BCUT2D eigenvalue weighted by Crippen LogP contribution is 2.32. The minimum absolute atomic E-state index is 0.384. The number of ether oxygens (including phenoxy) is 1. The van der Waals surface area contributed by atoms with Gasteiger partial charge in [-0.15, -0.1) is 0 Å². The molecular formula is C14H28N2O. The molecule has 0 spiro atoms. The molecule has 1 heterocycles. The summed E-state index contributed by atoms with van der Waals surface area (Å²) in [5, 5.41) is 3.41. The van der Waals surface area contributed by atoms with Gasteiger partial charge in [0.2, 0.25) is 0 Å². The van der Waals surface area contributed by atoms with Crippen molar-refractivity contribution in [3.63, 3.8) is 0 Å². The monoisotopic (exact) mass is 240 g/mol. The van der Waals surface area contributed by atoms with Crippen molar-refractivity contribution in [1.29, 1.82) is 0 Å². The van der Waals surface area contributed by atoms with Crippen LogP contribution in [-0.4, -0.2) is 50.3 Å². The van der Waals surface area contributed by atoms with E-state index < -0.39 is 0 Å². The summed E-state index contributed by atoms with van der Waals surface area (Å²) in [6.07, 6.45) is 4.58. The van der Waals surface area contributed by atoms with Crippen LogP contribution in [0.1, 0.15) is 33.1 Å². The van der Waals surface area contributed by atoms with Crippen LogP contribution in [0.15, 0.2) is 0 Å². The second-order valence-corrected chi connectivity index (χ2v) is 6.01. The summed E-state index contributed by atoms with van der Waals surface area (Å²) < 4.78 is 5.81. The lowest BCUT2D eigenvalue weighted by atomic mass is 9.78. The molecule has 0 radical (unpaired) electrons. The molecule has 1 saturated heterocycles. The zero-order chi connectivity index (χ0) is 12.3. The van der Waals surface area contributed by atoms with Gasteiger partial charge >= 0.3 is 0 Å². The van der Waals surface area contributed by atoms with Gasteiger partial charge in [-0.05, 0) is 31.7 Å². The predicted octanol–water partition coefficient (Wildman–Crippen LogP) is 1.73. The summed E-state index contributed by atoms with van der Waals surface area (Å²) >= 11 is 0. The Morgan fingerprint density at radius 3 is 2.53 bits per heavy atom. The molecule has 0 amide bonds. The minimum atomic E-state index is 0.384. The molecule has 0 aromatic rings. The van der Waals surface area contributed by atoms with Gasteiger partial charge < -0.3 is 15.0 Å². The molecule has 1 N–H and O–H groups in total. The van der Waals surface area contributed by atoms with Crippen LogP contribution >= 0.6 is 0 Å². The molecule has 100 valence electrons. The van der Waals surface area contributed by atoms with Gasteiger partial charge in [0.05, 0.1) is 12.7 Å². The van der Waals surface area contributed by atoms with E-state index in [2.05, 4.69) is 31.1 Å². The number of morpholine rings is 1. The van der Waals surface area contributed by atoms with E-state index in [1.54, 1.807) is 0 Å². The van der Waals surface area contributed by atoms with E-state index in [1.165, 1.54) is 19.3 Å². The maximum Gasteiger partial charge on any atom is 0.0826 e. The Morgan fingerprint density at radius 2 is 1.94 bits per heavy atom. The number of hydrogen-bond acceptors (Lipinski definition) is 3. The van der Waals surface area contributed by atoms with Crippen molar-refractivity contribution in [2.24, 2.45) is 11.8 Å². The lowest BCUT2D eigenvalue weighted by molar-refractivity contribution is -0.0139. The summed E-state index contributed by atoms with van der Waals surface area (Å²) in [5.41, 5.74) is 0. The van der Waals surface area contributed by atoms with Gasteiger partial charge in [0.1, 0.15) is 0 Å². The predicted molar refractivity (Wildman–Crippen MR) is 71.2 cm³/mol. The van der Waals surface area contributed by atoms with Crippen LogP contribution in [0, 0.1) is 11.8 Å². The first-order valence-electron chi connectivity index (χ1n) is 7.21. The minimum Gasteiger partial charge on any atom is -0.374 e. The molecule has 2 rings (SSSR count). The fraction of sp³-hybridized carbons (Fsp3) is 1.00. The van der Waals surface area contributed by atoms with Crippen molar-refractivity contribution in [1.82, 2.24) is 10.2 Å². The molecule has 0 aromatic carbocycles. The van der Waals surface area contributed by atoms with Crippen molar-refractivity contribution in [2.75, 3.05) is 33.3 Å². The summed E-state index contributed by atoms with van der Waals surface area (Å²) in [4.78, 5) is 2.55. The highest BCUT2D eigenvalue weighted by atomic mass is 16.5. The maximum absolute atomic E-state index is 5.81. The average Bonchev–Trinajstić information content (AvgIpc) is 2.30. The quantitative estimate of drug-likeness (QED) is 0.813. The molecule has 2 aliphatic rings. The van der Waals surface area contributed by atoms with Crippen LogP contribution in [0.4, 0.5) is 0 Å². The topological polar surface area (TPSA) is 24.5 Å². The van der Waals surface area contributed by atoms with Gasteiger partial charge in [0.25, 0.3) is 0 Å².